The highest BCUT2D eigenvalue weighted by atomic mass is 32.2. The molecular formula is C18H21NO4S. The first-order chi connectivity index (χ1) is 11.5. The second-order valence-electron chi connectivity index (χ2n) is 5.16. The third-order valence-electron chi connectivity index (χ3n) is 3.56. The number of benzene rings is 2. The van der Waals surface area contributed by atoms with Crippen LogP contribution in [-0.4, -0.2) is 31.8 Å². The molecule has 24 heavy (non-hydrogen) atoms. The molecular weight excluding hydrogens is 326 g/mol. The monoisotopic (exact) mass is 347 g/mol. The van der Waals surface area contributed by atoms with Gasteiger partial charge in [0.15, 0.2) is 0 Å². The molecule has 0 atom stereocenters. The normalized spacial score (nSPS) is 11.5. The highest BCUT2D eigenvalue weighted by molar-refractivity contribution is 7.89. The molecule has 0 aliphatic carbocycles. The molecule has 0 heterocycles. The number of rotatable bonds is 7. The molecule has 0 bridgehead atoms. The first-order valence-corrected chi connectivity index (χ1v) is 9.24. The Morgan fingerprint density at radius 3 is 2.17 bits per heavy atom. The van der Waals surface area contributed by atoms with Crippen molar-refractivity contribution in [2.75, 3.05) is 13.2 Å². The van der Waals surface area contributed by atoms with Crippen LogP contribution in [0.15, 0.2) is 59.5 Å². The molecule has 0 saturated carbocycles. The topological polar surface area (TPSA) is 63.7 Å². The fraction of sp³-hybridized carbons (Fsp3) is 0.278. The van der Waals surface area contributed by atoms with E-state index in [0.717, 1.165) is 5.56 Å². The minimum atomic E-state index is -3.54. The van der Waals surface area contributed by atoms with Gasteiger partial charge in [0.1, 0.15) is 0 Å². The molecule has 6 heteroatoms. The number of esters is 1. The van der Waals surface area contributed by atoms with Gasteiger partial charge in [0, 0.05) is 13.1 Å². The summed E-state index contributed by atoms with van der Waals surface area (Å²) in [7, 11) is -3.54. The Bertz CT molecular complexity index is 770. The van der Waals surface area contributed by atoms with Crippen LogP contribution in [0.2, 0.25) is 0 Å². The molecule has 5 nitrogen and oxygen atoms in total. The van der Waals surface area contributed by atoms with Gasteiger partial charge in [-0.05, 0) is 36.8 Å². The van der Waals surface area contributed by atoms with Gasteiger partial charge >= 0.3 is 5.97 Å². The Kier molecular flexibility index (Phi) is 6.11. The summed E-state index contributed by atoms with van der Waals surface area (Å²) in [6.45, 7) is 4.47. The maximum absolute atomic E-state index is 12.7. The molecule has 0 aliphatic heterocycles. The van der Waals surface area contributed by atoms with Crippen LogP contribution in [-0.2, 0) is 21.3 Å². The Balaban J connectivity index is 2.17. The fourth-order valence-corrected chi connectivity index (χ4v) is 3.73. The lowest BCUT2D eigenvalue weighted by molar-refractivity contribution is 0.0526. The van der Waals surface area contributed by atoms with Gasteiger partial charge in [-0.1, -0.05) is 37.3 Å². The number of nitrogens with zero attached hydrogens (tertiary/aromatic N) is 1. The summed E-state index contributed by atoms with van der Waals surface area (Å²) in [6, 6.07) is 15.1. The zero-order chi connectivity index (χ0) is 17.6. The molecule has 0 saturated heterocycles. The van der Waals surface area contributed by atoms with Crippen molar-refractivity contribution in [2.24, 2.45) is 0 Å². The predicted octanol–water partition coefficient (Wildman–Crippen LogP) is 3.07. The average Bonchev–Trinajstić information content (AvgIpc) is 2.61. The smallest absolute Gasteiger partial charge is 0.338 e. The van der Waals surface area contributed by atoms with Crippen molar-refractivity contribution < 1.29 is 17.9 Å². The molecule has 0 fully saturated rings. The van der Waals surface area contributed by atoms with E-state index in [-0.39, 0.29) is 17.4 Å². The number of ether oxygens (including phenoxy) is 1. The van der Waals surface area contributed by atoms with Crippen molar-refractivity contribution in [1.29, 1.82) is 0 Å². The van der Waals surface area contributed by atoms with Gasteiger partial charge < -0.3 is 4.74 Å². The minimum absolute atomic E-state index is 0.247. The molecule has 2 rings (SSSR count). The first kappa shape index (κ1) is 18.2. The van der Waals surface area contributed by atoms with Gasteiger partial charge in [0.05, 0.1) is 17.1 Å². The van der Waals surface area contributed by atoms with E-state index in [1.54, 1.807) is 68.4 Å². The standard InChI is InChI=1S/C18H21NO4S/c1-3-19(24(21,22)17-8-6-5-7-9-17)14-15-10-12-16(13-11-15)18(20)23-4-2/h5-13H,3-4,14H2,1-2H3. The number of hydrogen-bond acceptors (Lipinski definition) is 4. The zero-order valence-corrected chi connectivity index (χ0v) is 14.6. The van der Waals surface area contributed by atoms with Gasteiger partial charge in [0.2, 0.25) is 10.0 Å². The predicted molar refractivity (Wildman–Crippen MR) is 92.1 cm³/mol. The number of sulfonamides is 1. The quantitative estimate of drug-likeness (QED) is 0.722. The molecule has 2 aromatic carbocycles. The van der Waals surface area contributed by atoms with E-state index in [1.165, 1.54) is 4.31 Å². The van der Waals surface area contributed by atoms with E-state index in [1.807, 2.05) is 0 Å². The van der Waals surface area contributed by atoms with Crippen LogP contribution in [0.5, 0.6) is 0 Å². The van der Waals surface area contributed by atoms with Crippen LogP contribution in [0.4, 0.5) is 0 Å². The lowest BCUT2D eigenvalue weighted by Gasteiger charge is -2.20. The lowest BCUT2D eigenvalue weighted by Crippen LogP contribution is -2.30. The third-order valence-corrected chi connectivity index (χ3v) is 5.49. The molecule has 0 aliphatic rings. The van der Waals surface area contributed by atoms with Crippen molar-refractivity contribution in [1.82, 2.24) is 4.31 Å². The summed E-state index contributed by atoms with van der Waals surface area (Å²) in [5, 5.41) is 0. The SMILES string of the molecule is CCOC(=O)c1ccc(CN(CC)S(=O)(=O)c2ccccc2)cc1. The average molecular weight is 347 g/mol. The highest BCUT2D eigenvalue weighted by Gasteiger charge is 2.22. The van der Waals surface area contributed by atoms with Crippen LogP contribution < -0.4 is 0 Å². The van der Waals surface area contributed by atoms with Gasteiger partial charge in [0.25, 0.3) is 0 Å². The van der Waals surface area contributed by atoms with Crippen LogP contribution in [0.25, 0.3) is 0 Å². The van der Waals surface area contributed by atoms with Crippen molar-refractivity contribution in [3.05, 3.63) is 65.7 Å². The maximum atomic E-state index is 12.7. The lowest BCUT2D eigenvalue weighted by atomic mass is 10.1. The summed E-state index contributed by atoms with van der Waals surface area (Å²) in [4.78, 5) is 11.9. The van der Waals surface area contributed by atoms with Crippen LogP contribution in [0.3, 0.4) is 0 Å². The van der Waals surface area contributed by atoms with Crippen molar-refractivity contribution in [3.8, 4) is 0 Å². The second-order valence-corrected chi connectivity index (χ2v) is 7.10. The van der Waals surface area contributed by atoms with E-state index in [9.17, 15) is 13.2 Å². The van der Waals surface area contributed by atoms with E-state index in [4.69, 9.17) is 4.74 Å². The molecule has 0 unspecified atom stereocenters. The van der Waals surface area contributed by atoms with Crippen molar-refractivity contribution in [2.45, 2.75) is 25.3 Å². The van der Waals surface area contributed by atoms with Gasteiger partial charge in [-0.25, -0.2) is 13.2 Å². The highest BCUT2D eigenvalue weighted by Crippen LogP contribution is 2.18. The zero-order valence-electron chi connectivity index (χ0n) is 13.8. The first-order valence-electron chi connectivity index (χ1n) is 7.80. The molecule has 0 spiro atoms. The van der Waals surface area contributed by atoms with Crippen molar-refractivity contribution >= 4 is 16.0 Å². The van der Waals surface area contributed by atoms with Gasteiger partial charge in [-0.3, -0.25) is 0 Å². The largest absolute Gasteiger partial charge is 0.462 e. The maximum Gasteiger partial charge on any atom is 0.338 e. The molecule has 128 valence electrons. The molecule has 0 amide bonds. The number of hydrogen-bond donors (Lipinski definition) is 0. The van der Waals surface area contributed by atoms with E-state index in [0.29, 0.717) is 18.7 Å². The van der Waals surface area contributed by atoms with E-state index < -0.39 is 10.0 Å². The molecule has 2 aromatic rings. The Morgan fingerprint density at radius 1 is 1.00 bits per heavy atom. The third kappa shape index (κ3) is 4.21. The second kappa shape index (κ2) is 8.08. The van der Waals surface area contributed by atoms with Crippen LogP contribution in [0, 0.1) is 0 Å². The summed E-state index contributed by atoms with van der Waals surface area (Å²) in [5.41, 5.74) is 1.26. The van der Waals surface area contributed by atoms with Gasteiger partial charge in [-0.15, -0.1) is 0 Å². The van der Waals surface area contributed by atoms with Crippen molar-refractivity contribution in [3.63, 3.8) is 0 Å². The Hall–Kier alpha value is -2.18. The van der Waals surface area contributed by atoms with E-state index in [2.05, 4.69) is 0 Å². The minimum Gasteiger partial charge on any atom is -0.462 e. The summed E-state index contributed by atoms with van der Waals surface area (Å²) < 4.78 is 31.7. The Labute approximate surface area is 142 Å². The van der Waals surface area contributed by atoms with Crippen LogP contribution >= 0.6 is 0 Å². The Morgan fingerprint density at radius 2 is 1.62 bits per heavy atom. The summed E-state index contributed by atoms with van der Waals surface area (Å²) >= 11 is 0. The van der Waals surface area contributed by atoms with Crippen LogP contribution in [0.1, 0.15) is 29.8 Å². The fourth-order valence-electron chi connectivity index (χ4n) is 2.27. The summed E-state index contributed by atoms with van der Waals surface area (Å²) in [5.74, 6) is -0.381. The molecule has 0 N–H and O–H groups in total. The van der Waals surface area contributed by atoms with Gasteiger partial charge in [-0.2, -0.15) is 4.31 Å². The molecule has 0 radical (unpaired) electrons. The summed E-state index contributed by atoms with van der Waals surface area (Å²) in [6.07, 6.45) is 0. The molecule has 0 aromatic heterocycles. The number of carbonyl (C=O) groups is 1. The number of carbonyl (C=O) groups excluding carboxylic acids is 1. The van der Waals surface area contributed by atoms with E-state index >= 15 is 0 Å².